The molecule has 5 unspecified atom stereocenters. The number of carbonyl (C=O) groups is 1. The van der Waals surface area contributed by atoms with Crippen LogP contribution in [0.1, 0.15) is 73.9 Å². The van der Waals surface area contributed by atoms with E-state index in [-0.39, 0.29) is 22.8 Å². The van der Waals surface area contributed by atoms with E-state index >= 15 is 0 Å². The molecule has 0 radical (unpaired) electrons. The molecular weight excluding hydrogens is 528 g/mol. The van der Waals surface area contributed by atoms with E-state index in [0.717, 1.165) is 47.7 Å². The van der Waals surface area contributed by atoms with Gasteiger partial charge in [0.15, 0.2) is 0 Å². The first kappa shape index (κ1) is 27.4. The smallest absolute Gasteiger partial charge is 0.254 e. The van der Waals surface area contributed by atoms with Crippen LogP contribution >= 0.6 is 0 Å². The van der Waals surface area contributed by atoms with Gasteiger partial charge in [0.25, 0.3) is 5.91 Å². The van der Waals surface area contributed by atoms with Crippen molar-refractivity contribution in [3.63, 3.8) is 0 Å². The van der Waals surface area contributed by atoms with E-state index in [4.69, 9.17) is 4.74 Å². The van der Waals surface area contributed by atoms with Crippen molar-refractivity contribution in [3.8, 4) is 16.9 Å². The Morgan fingerprint density at radius 3 is 2.53 bits per heavy atom. The topological polar surface area (TPSA) is 32.8 Å². The number of hydrogen-bond acceptors (Lipinski definition) is 3. The second-order valence-corrected chi connectivity index (χ2v) is 14.3. The van der Waals surface area contributed by atoms with Gasteiger partial charge < -0.3 is 9.64 Å². The third-order valence-corrected chi connectivity index (χ3v) is 12.7. The van der Waals surface area contributed by atoms with Crippen molar-refractivity contribution in [3.05, 3.63) is 89.5 Å². The first-order valence-electron chi connectivity index (χ1n) is 16.9. The number of methoxy groups -OCH3 is 1. The summed E-state index contributed by atoms with van der Waals surface area (Å²) < 4.78 is 5.89. The van der Waals surface area contributed by atoms with Crippen LogP contribution in [0.2, 0.25) is 0 Å². The fourth-order valence-electron chi connectivity index (χ4n) is 10.8. The van der Waals surface area contributed by atoms with Crippen LogP contribution in [-0.2, 0) is 11.8 Å². The third-order valence-electron chi connectivity index (χ3n) is 12.7. The molecule has 3 saturated carbocycles. The Morgan fingerprint density at radius 2 is 1.77 bits per heavy atom. The summed E-state index contributed by atoms with van der Waals surface area (Å²) in [4.78, 5) is 19.8. The minimum Gasteiger partial charge on any atom is -0.497 e. The predicted molar refractivity (Wildman–Crippen MR) is 172 cm³/mol. The number of rotatable bonds is 7. The summed E-state index contributed by atoms with van der Waals surface area (Å²) >= 11 is 0. The maximum atomic E-state index is 14.6. The van der Waals surface area contributed by atoms with Crippen molar-refractivity contribution in [1.82, 2.24) is 9.80 Å². The van der Waals surface area contributed by atoms with Gasteiger partial charge in [0, 0.05) is 36.2 Å². The number of nitrogens with zero attached hydrogens (tertiary/aromatic N) is 2. The summed E-state index contributed by atoms with van der Waals surface area (Å²) in [5, 5.41) is 0. The van der Waals surface area contributed by atoms with E-state index in [9.17, 15) is 4.79 Å². The van der Waals surface area contributed by atoms with E-state index in [2.05, 4.69) is 84.3 Å². The van der Waals surface area contributed by atoms with Crippen molar-refractivity contribution in [1.29, 1.82) is 0 Å². The Hall–Kier alpha value is -3.11. The molecule has 3 aliphatic carbocycles. The van der Waals surface area contributed by atoms with Crippen LogP contribution in [0.15, 0.2) is 72.8 Å². The summed E-state index contributed by atoms with van der Waals surface area (Å²) in [7, 11) is 1.81. The Balaban J connectivity index is 1.23. The van der Waals surface area contributed by atoms with E-state index in [1.54, 1.807) is 5.56 Å². The lowest BCUT2D eigenvalue weighted by Gasteiger charge is -2.63. The number of piperidine rings is 1. The Morgan fingerprint density at radius 1 is 0.977 bits per heavy atom. The van der Waals surface area contributed by atoms with Gasteiger partial charge in [-0.05, 0) is 122 Å². The van der Waals surface area contributed by atoms with Crippen LogP contribution in [0.3, 0.4) is 0 Å². The molecule has 5 aliphatic rings. The van der Waals surface area contributed by atoms with Crippen molar-refractivity contribution < 1.29 is 9.53 Å². The summed E-state index contributed by atoms with van der Waals surface area (Å²) in [5.41, 5.74) is 6.37. The number of ether oxygens (including phenoxy) is 1. The second-order valence-electron chi connectivity index (χ2n) is 14.3. The average Bonchev–Trinajstić information content (AvgIpc) is 3.76. The van der Waals surface area contributed by atoms with Gasteiger partial charge in [0.05, 0.1) is 7.11 Å². The quantitative estimate of drug-likeness (QED) is 0.291. The third kappa shape index (κ3) is 3.94. The van der Waals surface area contributed by atoms with Crippen LogP contribution in [0.25, 0.3) is 11.1 Å². The van der Waals surface area contributed by atoms with Crippen molar-refractivity contribution >= 4 is 5.91 Å². The summed E-state index contributed by atoms with van der Waals surface area (Å²) in [5.74, 6) is 3.15. The minimum atomic E-state index is 0.0773. The van der Waals surface area contributed by atoms with Gasteiger partial charge in [0.1, 0.15) is 5.75 Å². The molecule has 3 aromatic rings. The molecule has 2 bridgehead atoms. The lowest BCUT2D eigenvalue weighted by Crippen LogP contribution is -2.66. The van der Waals surface area contributed by atoms with E-state index in [0.29, 0.717) is 17.9 Å². The Labute approximate surface area is 257 Å². The number of amides is 1. The number of benzene rings is 3. The fourth-order valence-corrected chi connectivity index (χ4v) is 10.8. The molecule has 5 fully saturated rings. The number of likely N-dealkylation sites (tertiary alicyclic amines) is 2. The zero-order chi connectivity index (χ0) is 29.3. The van der Waals surface area contributed by atoms with Gasteiger partial charge in [0.2, 0.25) is 0 Å². The van der Waals surface area contributed by atoms with Crippen molar-refractivity contribution in [2.24, 2.45) is 23.2 Å². The molecule has 0 spiro atoms. The number of carbonyl (C=O) groups excluding carboxylic acids is 1. The molecule has 224 valence electrons. The summed E-state index contributed by atoms with van der Waals surface area (Å²) in [6.07, 6.45) is 8.61. The van der Waals surface area contributed by atoms with Gasteiger partial charge in [-0.2, -0.15) is 0 Å². The predicted octanol–water partition coefficient (Wildman–Crippen LogP) is 7.61. The zero-order valence-electron chi connectivity index (χ0n) is 26.1. The maximum Gasteiger partial charge on any atom is 0.254 e. The van der Waals surface area contributed by atoms with Crippen molar-refractivity contribution in [2.75, 3.05) is 26.7 Å². The molecule has 43 heavy (non-hydrogen) atoms. The normalized spacial score (nSPS) is 33.0. The molecular formula is C39H46N2O2. The maximum absolute atomic E-state index is 14.6. The largest absolute Gasteiger partial charge is 0.497 e. The number of hydrogen-bond donors (Lipinski definition) is 0. The van der Waals surface area contributed by atoms with Crippen LogP contribution in [-0.4, -0.2) is 54.5 Å². The molecule has 2 heterocycles. The molecule has 0 aromatic heterocycles. The molecule has 2 saturated heterocycles. The van der Waals surface area contributed by atoms with Crippen LogP contribution in [0.4, 0.5) is 0 Å². The van der Waals surface area contributed by atoms with Gasteiger partial charge >= 0.3 is 0 Å². The van der Waals surface area contributed by atoms with Crippen LogP contribution < -0.4 is 4.74 Å². The summed E-state index contributed by atoms with van der Waals surface area (Å²) in [6.45, 7) is 8.22. The van der Waals surface area contributed by atoms with E-state index in [1.807, 2.05) is 19.2 Å². The molecule has 4 nitrogen and oxygen atoms in total. The molecule has 1 amide bonds. The van der Waals surface area contributed by atoms with E-state index < -0.39 is 0 Å². The van der Waals surface area contributed by atoms with Gasteiger partial charge in [-0.1, -0.05) is 61.5 Å². The van der Waals surface area contributed by atoms with Crippen LogP contribution in [0, 0.1) is 23.2 Å². The minimum absolute atomic E-state index is 0.0773. The molecule has 4 heteroatoms. The highest BCUT2D eigenvalue weighted by atomic mass is 16.5. The average molecular weight is 575 g/mol. The van der Waals surface area contributed by atoms with Crippen LogP contribution in [0.5, 0.6) is 5.75 Å². The summed E-state index contributed by atoms with van der Waals surface area (Å²) in [6, 6.07) is 26.5. The zero-order valence-corrected chi connectivity index (χ0v) is 26.1. The fraction of sp³-hybridized carbons (Fsp3) is 0.513. The number of aryl methyl sites for hydroxylation is 1. The Bertz CT molecular complexity index is 1530. The highest BCUT2D eigenvalue weighted by Gasteiger charge is 2.74. The van der Waals surface area contributed by atoms with Crippen molar-refractivity contribution in [2.45, 2.75) is 76.3 Å². The standard InChI is InChI=1S/C39H46N2O2/c1-4-28-16-17-31(43-3)22-34(28)39-20-21-40(24-27-14-15-27)26(2)38(39)19-18-35-36(39)30(23-38)25-41(35)37(42)33-13-9-8-12-32(33)29-10-6-5-7-11-29/h5-13,16-17,22,26-27,30,35-36H,4,14-15,18-21,23-25H2,1-3H3/t26?,30-,35?,36?,38?,39?/m1/s1. The highest BCUT2D eigenvalue weighted by Crippen LogP contribution is 2.74. The lowest BCUT2D eigenvalue weighted by molar-refractivity contribution is -0.0870. The molecule has 8 rings (SSSR count). The van der Waals surface area contributed by atoms with E-state index in [1.165, 1.54) is 50.8 Å². The lowest BCUT2D eigenvalue weighted by atomic mass is 9.46. The molecule has 0 N–H and O–H groups in total. The molecule has 6 atom stereocenters. The SMILES string of the molecule is CCc1ccc(OC)cc1C12CCN(CC3CC3)C(C)C13CCC1C2[C@@H](CN1C(=O)c1ccccc1-c1ccccc1)C3. The second kappa shape index (κ2) is 10.2. The first-order valence-corrected chi connectivity index (χ1v) is 16.9. The first-order chi connectivity index (χ1) is 21.0. The molecule has 3 aromatic carbocycles. The van der Waals surface area contributed by atoms with Gasteiger partial charge in [-0.15, -0.1) is 0 Å². The Kier molecular flexibility index (Phi) is 6.53. The monoisotopic (exact) mass is 574 g/mol. The van der Waals surface area contributed by atoms with Gasteiger partial charge in [-0.3, -0.25) is 9.69 Å². The molecule has 2 aliphatic heterocycles. The van der Waals surface area contributed by atoms with Gasteiger partial charge in [-0.25, -0.2) is 0 Å². The highest BCUT2D eigenvalue weighted by molar-refractivity contribution is 6.01.